The van der Waals surface area contributed by atoms with E-state index in [0.717, 1.165) is 0 Å². The van der Waals surface area contributed by atoms with E-state index in [4.69, 9.17) is 34.8 Å². The van der Waals surface area contributed by atoms with E-state index in [1.807, 2.05) is 0 Å². The van der Waals surface area contributed by atoms with E-state index in [0.29, 0.717) is 0 Å². The van der Waals surface area contributed by atoms with Gasteiger partial charge in [-0.3, -0.25) is 4.98 Å². The summed E-state index contributed by atoms with van der Waals surface area (Å²) in [5.74, 6) is 0. The highest BCUT2D eigenvalue weighted by atomic mass is 35.5. The predicted molar refractivity (Wildman–Crippen MR) is 39.9 cm³/mol. The molecule has 0 amide bonds. The summed E-state index contributed by atoms with van der Waals surface area (Å²) in [5, 5.41) is -0.0231. The molecule has 10 heavy (non-hydrogen) atoms. The van der Waals surface area contributed by atoms with E-state index in [1.54, 1.807) is 0 Å². The van der Waals surface area contributed by atoms with Crippen molar-refractivity contribution in [1.29, 1.82) is 0 Å². The highest BCUT2D eigenvalue weighted by Crippen LogP contribution is 2.23. The van der Waals surface area contributed by atoms with Crippen molar-refractivity contribution >= 4 is 34.8 Å². The Bertz CT molecular complexity index is 282. The number of nitrogens with zero attached hydrogens (tertiary/aromatic N) is 1. The molecule has 0 saturated carbocycles. The first-order valence-corrected chi connectivity index (χ1v) is 3.35. The van der Waals surface area contributed by atoms with Gasteiger partial charge in [-0.2, -0.15) is 4.98 Å². The SMILES string of the molecule is O=c1nc(Cl)c(Cl)c(Cl)[nH]1. The van der Waals surface area contributed by atoms with Crippen LogP contribution in [-0.2, 0) is 0 Å². The van der Waals surface area contributed by atoms with Crippen molar-refractivity contribution in [3.05, 3.63) is 25.8 Å². The molecule has 0 saturated heterocycles. The van der Waals surface area contributed by atoms with Gasteiger partial charge in [0.15, 0.2) is 5.15 Å². The molecule has 3 nitrogen and oxygen atoms in total. The third-order valence-electron chi connectivity index (χ3n) is 0.790. The minimum absolute atomic E-state index is 0.00617. The normalized spacial score (nSPS) is 9.90. The van der Waals surface area contributed by atoms with Crippen molar-refractivity contribution in [2.45, 2.75) is 0 Å². The second-order valence-electron chi connectivity index (χ2n) is 1.46. The van der Waals surface area contributed by atoms with Crippen LogP contribution in [0.15, 0.2) is 4.79 Å². The Morgan fingerprint density at radius 3 is 2.40 bits per heavy atom. The van der Waals surface area contributed by atoms with Gasteiger partial charge in [-0.05, 0) is 0 Å². The zero-order valence-corrected chi connectivity index (χ0v) is 6.76. The molecule has 1 aromatic rings. The number of halogens is 3. The average molecular weight is 199 g/mol. The molecule has 0 unspecified atom stereocenters. The monoisotopic (exact) mass is 198 g/mol. The molecule has 1 rings (SSSR count). The molecule has 1 N–H and O–H groups in total. The Balaban J connectivity index is 3.46. The second kappa shape index (κ2) is 2.78. The number of H-pyrrole nitrogens is 1. The second-order valence-corrected chi connectivity index (χ2v) is 2.57. The van der Waals surface area contributed by atoms with Crippen molar-refractivity contribution in [2.24, 2.45) is 0 Å². The van der Waals surface area contributed by atoms with Gasteiger partial charge >= 0.3 is 5.69 Å². The molecule has 54 valence electrons. The van der Waals surface area contributed by atoms with Crippen LogP contribution in [-0.4, -0.2) is 9.97 Å². The molecule has 1 heterocycles. The molecule has 0 radical (unpaired) electrons. The highest BCUT2D eigenvalue weighted by Gasteiger charge is 2.04. The molecular formula is C4HCl3N2O. The molecule has 0 aliphatic rings. The highest BCUT2D eigenvalue weighted by molar-refractivity contribution is 6.46. The standard InChI is InChI=1S/C4HCl3N2O/c5-1-2(6)8-4(10)9-3(1)7/h(H,8,9,10). The lowest BCUT2D eigenvalue weighted by atomic mass is 10.7. The van der Waals surface area contributed by atoms with Crippen LogP contribution in [0.25, 0.3) is 0 Å². The number of hydrogen-bond donors (Lipinski definition) is 1. The molecule has 0 aliphatic heterocycles. The smallest absolute Gasteiger partial charge is 0.295 e. The zero-order valence-electron chi connectivity index (χ0n) is 4.49. The summed E-state index contributed by atoms with van der Waals surface area (Å²) >= 11 is 16.2. The van der Waals surface area contributed by atoms with Crippen LogP contribution in [0.3, 0.4) is 0 Å². The molecule has 1 aromatic heterocycles. The fourth-order valence-electron chi connectivity index (χ4n) is 0.405. The minimum atomic E-state index is -0.612. The molecule has 0 aromatic carbocycles. The van der Waals surface area contributed by atoms with Gasteiger partial charge in [-0.25, -0.2) is 4.79 Å². The van der Waals surface area contributed by atoms with E-state index < -0.39 is 5.69 Å². The van der Waals surface area contributed by atoms with Crippen molar-refractivity contribution in [2.75, 3.05) is 0 Å². The Kier molecular flexibility index (Phi) is 2.18. The molecular weight excluding hydrogens is 198 g/mol. The maximum Gasteiger partial charge on any atom is 0.347 e. The first-order valence-electron chi connectivity index (χ1n) is 2.22. The predicted octanol–water partition coefficient (Wildman–Crippen LogP) is 1.73. The lowest BCUT2D eigenvalue weighted by Gasteiger charge is -1.93. The summed E-state index contributed by atoms with van der Waals surface area (Å²) in [7, 11) is 0. The third kappa shape index (κ3) is 1.42. The van der Waals surface area contributed by atoms with Gasteiger partial charge in [0.05, 0.1) is 0 Å². The average Bonchev–Trinajstić information content (AvgIpc) is 1.82. The Labute approximate surface area is 70.9 Å². The fourth-order valence-corrected chi connectivity index (χ4v) is 0.885. The largest absolute Gasteiger partial charge is 0.347 e. The third-order valence-corrected chi connectivity index (χ3v) is 1.91. The zero-order chi connectivity index (χ0) is 7.72. The molecule has 0 spiro atoms. The molecule has 0 fully saturated rings. The molecule has 0 bridgehead atoms. The van der Waals surface area contributed by atoms with E-state index in [-0.39, 0.29) is 15.3 Å². The van der Waals surface area contributed by atoms with Crippen molar-refractivity contribution in [1.82, 2.24) is 9.97 Å². The van der Waals surface area contributed by atoms with Crippen molar-refractivity contribution in [3.8, 4) is 0 Å². The van der Waals surface area contributed by atoms with Crippen molar-refractivity contribution < 1.29 is 0 Å². The van der Waals surface area contributed by atoms with Crippen molar-refractivity contribution in [3.63, 3.8) is 0 Å². The minimum Gasteiger partial charge on any atom is -0.295 e. The number of hydrogen-bond acceptors (Lipinski definition) is 2. The van der Waals surface area contributed by atoms with Gasteiger partial charge in [0.2, 0.25) is 0 Å². The summed E-state index contributed by atoms with van der Waals surface area (Å²) in [6.07, 6.45) is 0. The summed E-state index contributed by atoms with van der Waals surface area (Å²) in [6, 6.07) is 0. The first kappa shape index (κ1) is 7.85. The fraction of sp³-hybridized carbons (Fsp3) is 0. The molecule has 6 heteroatoms. The van der Waals surface area contributed by atoms with Crippen LogP contribution < -0.4 is 5.69 Å². The van der Waals surface area contributed by atoms with Crippen LogP contribution in [0.4, 0.5) is 0 Å². The van der Waals surface area contributed by atoms with E-state index in [1.165, 1.54) is 0 Å². The van der Waals surface area contributed by atoms with Gasteiger partial charge in [0.25, 0.3) is 0 Å². The number of aromatic nitrogens is 2. The topological polar surface area (TPSA) is 45.8 Å². The van der Waals surface area contributed by atoms with Crippen LogP contribution in [0.1, 0.15) is 0 Å². The molecule has 0 atom stereocenters. The van der Waals surface area contributed by atoms with Crippen LogP contribution in [0.2, 0.25) is 15.3 Å². The number of rotatable bonds is 0. The van der Waals surface area contributed by atoms with E-state index in [2.05, 4.69) is 9.97 Å². The summed E-state index contributed by atoms with van der Waals surface area (Å²) < 4.78 is 0. The van der Waals surface area contributed by atoms with Crippen LogP contribution in [0, 0.1) is 0 Å². The van der Waals surface area contributed by atoms with Gasteiger partial charge in [-0.1, -0.05) is 34.8 Å². The van der Waals surface area contributed by atoms with E-state index >= 15 is 0 Å². The summed E-state index contributed by atoms with van der Waals surface area (Å²) in [6.45, 7) is 0. The Hall–Kier alpha value is -0.250. The lowest BCUT2D eigenvalue weighted by Crippen LogP contribution is -2.09. The molecule has 0 aliphatic carbocycles. The van der Waals surface area contributed by atoms with Gasteiger partial charge in [0.1, 0.15) is 10.2 Å². The summed E-state index contributed by atoms with van der Waals surface area (Å²) in [4.78, 5) is 15.9. The maximum absolute atomic E-state index is 10.5. The first-order chi connectivity index (χ1) is 4.61. The van der Waals surface area contributed by atoms with Gasteiger partial charge < -0.3 is 0 Å². The Morgan fingerprint density at radius 2 is 1.90 bits per heavy atom. The Morgan fingerprint density at radius 1 is 1.30 bits per heavy atom. The summed E-state index contributed by atoms with van der Waals surface area (Å²) in [5.41, 5.74) is -0.612. The lowest BCUT2D eigenvalue weighted by molar-refractivity contribution is 1.08. The quantitative estimate of drug-likeness (QED) is 0.647. The van der Waals surface area contributed by atoms with E-state index in [9.17, 15) is 4.79 Å². The van der Waals surface area contributed by atoms with Gasteiger partial charge in [-0.15, -0.1) is 0 Å². The number of aromatic amines is 1. The van der Waals surface area contributed by atoms with Crippen LogP contribution >= 0.6 is 34.8 Å². The van der Waals surface area contributed by atoms with Gasteiger partial charge in [0, 0.05) is 0 Å². The van der Waals surface area contributed by atoms with Crippen LogP contribution in [0.5, 0.6) is 0 Å². The maximum atomic E-state index is 10.5. The number of nitrogens with one attached hydrogen (secondary N) is 1.